The molecule has 1 aliphatic heterocycles. The molecule has 0 unspecified atom stereocenters. The van der Waals surface area contributed by atoms with E-state index < -0.39 is 0 Å². The molecule has 1 rings (SSSR count). The van der Waals surface area contributed by atoms with E-state index in [0.29, 0.717) is 19.0 Å². The summed E-state index contributed by atoms with van der Waals surface area (Å²) in [4.78, 5) is 3.81. The third kappa shape index (κ3) is 0.959. The van der Waals surface area contributed by atoms with Gasteiger partial charge in [-0.3, -0.25) is 0 Å². The second-order valence-corrected chi connectivity index (χ2v) is 1.31. The van der Waals surface area contributed by atoms with Crippen LogP contribution >= 0.6 is 0 Å². The molecule has 0 bridgehead atoms. The van der Waals surface area contributed by atoms with Crippen molar-refractivity contribution in [2.45, 2.75) is 0 Å². The fourth-order valence-corrected chi connectivity index (χ4v) is 0.479. The Labute approximate surface area is 46.5 Å². The summed E-state index contributed by atoms with van der Waals surface area (Å²) in [5, 5.41) is 10.7. The average Bonchev–Trinajstić information content (AvgIpc) is 2.19. The zero-order chi connectivity index (χ0) is 5.82. The Morgan fingerprint density at radius 2 is 2.75 bits per heavy atom. The highest BCUT2D eigenvalue weighted by molar-refractivity contribution is 6.26. The largest absolute Gasteiger partial charge is 0.475 e. The molecule has 44 valence electrons. The highest BCUT2D eigenvalue weighted by Gasteiger charge is 2.01. The normalized spacial score (nSPS) is 18.8. The Bertz CT molecular complexity index is 130. The first kappa shape index (κ1) is 5.08. The summed E-state index contributed by atoms with van der Waals surface area (Å²) in [6.07, 6.45) is 1.17. The number of hydrogen-bond donors (Lipinski definition) is 1. The molecular formula is C4H6N2O2. The second kappa shape index (κ2) is 2.30. The maximum atomic E-state index is 7.94. The molecule has 0 fully saturated rings. The van der Waals surface area contributed by atoms with E-state index in [1.807, 2.05) is 0 Å². The van der Waals surface area contributed by atoms with Crippen LogP contribution in [0, 0.1) is 0 Å². The van der Waals surface area contributed by atoms with Crippen molar-refractivity contribution >= 4 is 12.1 Å². The number of nitrogens with zero attached hydrogens (tertiary/aromatic N) is 2. The van der Waals surface area contributed by atoms with Gasteiger partial charge in [0.25, 0.3) is 0 Å². The first-order chi connectivity index (χ1) is 3.93. The van der Waals surface area contributed by atoms with Crippen molar-refractivity contribution < 1.29 is 9.94 Å². The minimum atomic E-state index is 0.410. The first-order valence-corrected chi connectivity index (χ1v) is 2.28. The molecule has 4 nitrogen and oxygen atoms in total. The molecule has 1 aliphatic rings. The minimum Gasteiger partial charge on any atom is -0.475 e. The topological polar surface area (TPSA) is 54.2 Å². The number of ether oxygens (including phenoxy) is 1. The number of rotatable bonds is 1. The zero-order valence-electron chi connectivity index (χ0n) is 4.24. The van der Waals surface area contributed by atoms with Crippen LogP contribution < -0.4 is 0 Å². The lowest BCUT2D eigenvalue weighted by Crippen LogP contribution is -1.98. The molecule has 8 heavy (non-hydrogen) atoms. The van der Waals surface area contributed by atoms with Crippen molar-refractivity contribution in [1.82, 2.24) is 0 Å². The molecule has 4 heteroatoms. The number of oxime groups is 1. The number of hydrogen-bond acceptors (Lipinski definition) is 4. The van der Waals surface area contributed by atoms with Crippen LogP contribution in [-0.2, 0) is 4.74 Å². The standard InChI is InChI=1S/C4H6N2O2/c7-6-3-4-5-1-2-8-4/h3,7H,1-2H2. The van der Waals surface area contributed by atoms with Crippen LogP contribution in [0.25, 0.3) is 0 Å². The van der Waals surface area contributed by atoms with Crippen molar-refractivity contribution in [3.63, 3.8) is 0 Å². The molecule has 0 atom stereocenters. The summed E-state index contributed by atoms with van der Waals surface area (Å²) >= 11 is 0. The summed E-state index contributed by atoms with van der Waals surface area (Å²) in [7, 11) is 0. The predicted molar refractivity (Wildman–Crippen MR) is 28.5 cm³/mol. The molecule has 0 aromatic carbocycles. The summed E-state index contributed by atoms with van der Waals surface area (Å²) in [6, 6.07) is 0. The molecule has 0 aromatic rings. The molecule has 0 saturated carbocycles. The molecule has 1 N–H and O–H groups in total. The van der Waals surface area contributed by atoms with Gasteiger partial charge in [-0.25, -0.2) is 4.99 Å². The zero-order valence-corrected chi connectivity index (χ0v) is 4.24. The van der Waals surface area contributed by atoms with Crippen LogP contribution in [0.15, 0.2) is 10.1 Å². The fourth-order valence-electron chi connectivity index (χ4n) is 0.479. The third-order valence-corrected chi connectivity index (χ3v) is 0.777. The Kier molecular flexibility index (Phi) is 1.46. The van der Waals surface area contributed by atoms with Gasteiger partial charge < -0.3 is 9.94 Å². The maximum absolute atomic E-state index is 7.94. The summed E-state index contributed by atoms with van der Waals surface area (Å²) < 4.78 is 4.83. The highest BCUT2D eigenvalue weighted by Crippen LogP contribution is 1.89. The summed E-state index contributed by atoms with van der Waals surface area (Å²) in [5.74, 6) is 0.410. The lowest BCUT2D eigenvalue weighted by Gasteiger charge is -1.87. The SMILES string of the molecule is ON=CC1=NCCO1. The molecule has 1 heterocycles. The molecule has 0 amide bonds. The van der Waals surface area contributed by atoms with Gasteiger partial charge in [-0.2, -0.15) is 0 Å². The molecule has 0 saturated heterocycles. The number of aliphatic imine (C=N–C) groups is 1. The van der Waals surface area contributed by atoms with E-state index in [-0.39, 0.29) is 0 Å². The van der Waals surface area contributed by atoms with Crippen LogP contribution in [0.4, 0.5) is 0 Å². The van der Waals surface area contributed by atoms with E-state index in [9.17, 15) is 0 Å². The van der Waals surface area contributed by atoms with Gasteiger partial charge in [0, 0.05) is 0 Å². The van der Waals surface area contributed by atoms with Crippen molar-refractivity contribution in [3.05, 3.63) is 0 Å². The van der Waals surface area contributed by atoms with Gasteiger partial charge in [0.15, 0.2) is 0 Å². The highest BCUT2D eigenvalue weighted by atomic mass is 16.5. The molecule has 0 spiro atoms. The fraction of sp³-hybridized carbons (Fsp3) is 0.500. The Morgan fingerprint density at radius 1 is 1.88 bits per heavy atom. The Morgan fingerprint density at radius 3 is 3.25 bits per heavy atom. The smallest absolute Gasteiger partial charge is 0.231 e. The van der Waals surface area contributed by atoms with Gasteiger partial charge in [-0.1, -0.05) is 5.16 Å². The molecule has 0 aliphatic carbocycles. The maximum Gasteiger partial charge on any atom is 0.231 e. The van der Waals surface area contributed by atoms with Crippen molar-refractivity contribution in [3.8, 4) is 0 Å². The first-order valence-electron chi connectivity index (χ1n) is 2.28. The molecule has 0 radical (unpaired) electrons. The van der Waals surface area contributed by atoms with E-state index in [2.05, 4.69) is 10.1 Å². The van der Waals surface area contributed by atoms with E-state index in [1.54, 1.807) is 0 Å². The second-order valence-electron chi connectivity index (χ2n) is 1.31. The third-order valence-electron chi connectivity index (χ3n) is 0.777. The van der Waals surface area contributed by atoms with Gasteiger partial charge in [0.05, 0.1) is 6.54 Å². The average molecular weight is 114 g/mol. The monoisotopic (exact) mass is 114 g/mol. The van der Waals surface area contributed by atoms with E-state index >= 15 is 0 Å². The van der Waals surface area contributed by atoms with E-state index in [0.717, 1.165) is 0 Å². The van der Waals surface area contributed by atoms with Crippen LogP contribution in [-0.4, -0.2) is 30.5 Å². The van der Waals surface area contributed by atoms with Gasteiger partial charge >= 0.3 is 0 Å². The van der Waals surface area contributed by atoms with Gasteiger partial charge in [0.2, 0.25) is 5.90 Å². The van der Waals surface area contributed by atoms with Crippen molar-refractivity contribution in [1.29, 1.82) is 0 Å². The lowest BCUT2D eigenvalue weighted by molar-refractivity contribution is 0.318. The van der Waals surface area contributed by atoms with Crippen LogP contribution in [0.3, 0.4) is 0 Å². The summed E-state index contributed by atoms with van der Waals surface area (Å²) in [6.45, 7) is 1.27. The lowest BCUT2D eigenvalue weighted by atomic mass is 10.7. The van der Waals surface area contributed by atoms with Crippen molar-refractivity contribution in [2.75, 3.05) is 13.2 Å². The van der Waals surface area contributed by atoms with Crippen LogP contribution in [0.1, 0.15) is 0 Å². The molecule has 0 aromatic heterocycles. The summed E-state index contributed by atoms with van der Waals surface area (Å²) in [5.41, 5.74) is 0. The Balaban J connectivity index is 2.45. The Hall–Kier alpha value is -1.06. The van der Waals surface area contributed by atoms with Gasteiger partial charge in [-0.05, 0) is 0 Å². The minimum absolute atomic E-state index is 0.410. The predicted octanol–water partition coefficient (Wildman–Crippen LogP) is -0.125. The van der Waals surface area contributed by atoms with E-state index in [1.165, 1.54) is 6.21 Å². The van der Waals surface area contributed by atoms with Gasteiger partial charge in [-0.15, -0.1) is 0 Å². The quantitative estimate of drug-likeness (QED) is 0.293. The van der Waals surface area contributed by atoms with Gasteiger partial charge in [0.1, 0.15) is 12.8 Å². The van der Waals surface area contributed by atoms with Crippen LogP contribution in [0.2, 0.25) is 0 Å². The van der Waals surface area contributed by atoms with Crippen molar-refractivity contribution in [2.24, 2.45) is 10.1 Å². The molecular weight excluding hydrogens is 108 g/mol. The van der Waals surface area contributed by atoms with Crippen LogP contribution in [0.5, 0.6) is 0 Å². The van der Waals surface area contributed by atoms with E-state index in [4.69, 9.17) is 9.94 Å².